The van der Waals surface area contributed by atoms with Crippen LogP contribution in [0, 0.1) is 5.41 Å². The predicted molar refractivity (Wildman–Crippen MR) is 80.3 cm³/mol. The molecular formula is C16H29NO3. The van der Waals surface area contributed by atoms with Gasteiger partial charge >= 0.3 is 6.09 Å². The third kappa shape index (κ3) is 3.98. The molecule has 0 heterocycles. The molecule has 0 saturated heterocycles. The number of hydrogen-bond acceptors (Lipinski definition) is 3. The summed E-state index contributed by atoms with van der Waals surface area (Å²) in [4.78, 5) is 12.1. The van der Waals surface area contributed by atoms with Crippen LogP contribution < -0.4 is 5.32 Å². The largest absolute Gasteiger partial charge is 0.412 e. The predicted octanol–water partition coefficient (Wildman–Crippen LogP) is 3.75. The molecule has 1 aliphatic rings. The Morgan fingerprint density at radius 1 is 1.25 bits per heavy atom. The summed E-state index contributed by atoms with van der Waals surface area (Å²) in [6, 6.07) is 0.173. The summed E-state index contributed by atoms with van der Waals surface area (Å²) in [5.74, 6) is -1.58. The quantitative estimate of drug-likeness (QED) is 0.612. The Bertz CT molecular complexity index is 364. The zero-order chi connectivity index (χ0) is 15.4. The molecule has 0 aromatic rings. The first-order valence-electron chi connectivity index (χ1n) is 7.56. The molecule has 1 fully saturated rings. The van der Waals surface area contributed by atoms with Gasteiger partial charge in [-0.3, -0.25) is 0 Å². The van der Waals surface area contributed by atoms with Crippen molar-refractivity contribution in [3.05, 3.63) is 11.6 Å². The van der Waals surface area contributed by atoms with Crippen LogP contribution in [-0.4, -0.2) is 23.0 Å². The third-order valence-electron chi connectivity index (χ3n) is 4.15. The number of rotatable bonds is 3. The summed E-state index contributed by atoms with van der Waals surface area (Å²) in [6.45, 7) is 9.17. The van der Waals surface area contributed by atoms with Gasteiger partial charge in [-0.15, -0.1) is 0 Å². The Hall–Kier alpha value is -1.03. The fraction of sp³-hybridized carbons (Fsp3) is 0.812. The summed E-state index contributed by atoms with van der Waals surface area (Å²) < 4.78 is 5.40. The van der Waals surface area contributed by atoms with E-state index in [9.17, 15) is 9.90 Å². The number of nitrogens with one attached hydrogen (secondary N) is 1. The van der Waals surface area contributed by atoms with Crippen molar-refractivity contribution in [1.29, 1.82) is 0 Å². The van der Waals surface area contributed by atoms with Crippen molar-refractivity contribution in [3.8, 4) is 0 Å². The summed E-state index contributed by atoms with van der Waals surface area (Å²) in [7, 11) is 0. The summed E-state index contributed by atoms with van der Waals surface area (Å²) >= 11 is 0. The van der Waals surface area contributed by atoms with Crippen molar-refractivity contribution in [2.45, 2.75) is 78.6 Å². The van der Waals surface area contributed by atoms with E-state index in [2.05, 4.69) is 5.32 Å². The van der Waals surface area contributed by atoms with Gasteiger partial charge in [0.25, 0.3) is 0 Å². The highest BCUT2D eigenvalue weighted by Crippen LogP contribution is 2.37. The highest BCUT2D eigenvalue weighted by molar-refractivity contribution is 5.68. The second kappa shape index (κ2) is 6.61. The maximum absolute atomic E-state index is 12.1. The van der Waals surface area contributed by atoms with Crippen LogP contribution in [0.4, 0.5) is 4.79 Å². The van der Waals surface area contributed by atoms with Gasteiger partial charge in [-0.2, -0.15) is 0 Å². The van der Waals surface area contributed by atoms with E-state index in [1.54, 1.807) is 13.0 Å². The van der Waals surface area contributed by atoms with Crippen molar-refractivity contribution in [3.63, 3.8) is 0 Å². The number of allylic oxidation sites excluding steroid dienone is 1. The molecule has 1 rings (SSSR count). The van der Waals surface area contributed by atoms with Crippen LogP contribution in [0.25, 0.3) is 0 Å². The average Bonchev–Trinajstić information content (AvgIpc) is 2.37. The molecule has 0 aromatic heterocycles. The summed E-state index contributed by atoms with van der Waals surface area (Å²) in [5, 5.41) is 13.6. The van der Waals surface area contributed by atoms with Crippen LogP contribution >= 0.6 is 0 Å². The number of aliphatic hydroxyl groups is 1. The van der Waals surface area contributed by atoms with E-state index >= 15 is 0 Å². The van der Waals surface area contributed by atoms with Gasteiger partial charge in [-0.25, -0.2) is 4.79 Å². The molecule has 1 aliphatic carbocycles. The maximum atomic E-state index is 12.1. The normalized spacial score (nSPS) is 21.2. The second-order valence-corrected chi connectivity index (χ2v) is 6.73. The molecule has 0 bridgehead atoms. The standard InChI is InChI=1S/C16H29NO3/c1-6-12(2)16(19,15(3,4)5)20-14(18)17-13-10-8-7-9-11-13/h6,13,19H,7-11H2,1-5H3,(H,17,18)/b12-6+/t16-/m1/s1. The van der Waals surface area contributed by atoms with Gasteiger partial charge in [0.15, 0.2) is 0 Å². The van der Waals surface area contributed by atoms with Gasteiger partial charge in [0.2, 0.25) is 5.79 Å². The monoisotopic (exact) mass is 283 g/mol. The molecule has 0 aromatic carbocycles. The van der Waals surface area contributed by atoms with Gasteiger partial charge in [0, 0.05) is 11.5 Å². The molecule has 4 heteroatoms. The van der Waals surface area contributed by atoms with Gasteiger partial charge in [0.1, 0.15) is 0 Å². The van der Waals surface area contributed by atoms with E-state index in [0.717, 1.165) is 25.7 Å². The topological polar surface area (TPSA) is 58.6 Å². The lowest BCUT2D eigenvalue weighted by atomic mass is 9.81. The van der Waals surface area contributed by atoms with Crippen LogP contribution in [0.1, 0.15) is 66.7 Å². The Kier molecular flexibility index (Phi) is 5.63. The minimum Gasteiger partial charge on any atom is -0.412 e. The van der Waals surface area contributed by atoms with Crippen molar-refractivity contribution in [1.82, 2.24) is 5.32 Å². The molecule has 4 nitrogen and oxygen atoms in total. The van der Waals surface area contributed by atoms with E-state index in [-0.39, 0.29) is 6.04 Å². The first kappa shape index (κ1) is 17.0. The number of hydrogen-bond donors (Lipinski definition) is 2. The number of alkyl carbamates (subject to hydrolysis) is 1. The van der Waals surface area contributed by atoms with Gasteiger partial charge < -0.3 is 15.2 Å². The molecular weight excluding hydrogens is 254 g/mol. The molecule has 1 amide bonds. The average molecular weight is 283 g/mol. The van der Waals surface area contributed by atoms with Gasteiger partial charge in [-0.1, -0.05) is 46.1 Å². The van der Waals surface area contributed by atoms with E-state index in [1.165, 1.54) is 6.42 Å². The first-order chi connectivity index (χ1) is 9.20. The fourth-order valence-electron chi connectivity index (χ4n) is 2.60. The first-order valence-corrected chi connectivity index (χ1v) is 7.56. The van der Waals surface area contributed by atoms with Crippen LogP contribution in [-0.2, 0) is 4.74 Å². The Morgan fingerprint density at radius 2 is 1.80 bits per heavy atom. The molecule has 0 spiro atoms. The van der Waals surface area contributed by atoms with Gasteiger partial charge in [-0.05, 0) is 32.3 Å². The summed E-state index contributed by atoms with van der Waals surface area (Å²) in [6.07, 6.45) is 6.74. The van der Waals surface area contributed by atoms with E-state index < -0.39 is 17.3 Å². The highest BCUT2D eigenvalue weighted by atomic mass is 16.7. The zero-order valence-corrected chi connectivity index (χ0v) is 13.5. The molecule has 0 aliphatic heterocycles. The minimum absolute atomic E-state index is 0.173. The lowest BCUT2D eigenvalue weighted by Gasteiger charge is -2.40. The van der Waals surface area contributed by atoms with Crippen LogP contribution in [0.2, 0.25) is 0 Å². The lowest BCUT2D eigenvalue weighted by Crippen LogP contribution is -2.51. The molecule has 0 radical (unpaired) electrons. The number of amides is 1. The van der Waals surface area contributed by atoms with Crippen LogP contribution in [0.15, 0.2) is 11.6 Å². The smallest absolute Gasteiger partial charge is 0.410 e. The van der Waals surface area contributed by atoms with E-state index in [4.69, 9.17) is 4.74 Å². The highest BCUT2D eigenvalue weighted by Gasteiger charge is 2.45. The van der Waals surface area contributed by atoms with Crippen molar-refractivity contribution in [2.75, 3.05) is 0 Å². The molecule has 1 saturated carbocycles. The molecule has 0 unspecified atom stereocenters. The van der Waals surface area contributed by atoms with E-state index in [1.807, 2.05) is 27.7 Å². The molecule has 20 heavy (non-hydrogen) atoms. The van der Waals surface area contributed by atoms with Crippen molar-refractivity contribution in [2.24, 2.45) is 5.41 Å². The third-order valence-corrected chi connectivity index (χ3v) is 4.15. The van der Waals surface area contributed by atoms with Gasteiger partial charge in [0.05, 0.1) is 0 Å². The minimum atomic E-state index is -1.58. The fourth-order valence-corrected chi connectivity index (χ4v) is 2.60. The lowest BCUT2D eigenvalue weighted by molar-refractivity contribution is -0.197. The van der Waals surface area contributed by atoms with Crippen LogP contribution in [0.3, 0.4) is 0 Å². The number of carbonyl (C=O) groups excluding carboxylic acids is 1. The SMILES string of the molecule is C/C=C(\C)[C@@](O)(OC(=O)NC1CCCCC1)C(C)(C)C. The summed E-state index contributed by atoms with van der Waals surface area (Å²) in [5.41, 5.74) is 0.0526. The molecule has 2 N–H and O–H groups in total. The van der Waals surface area contributed by atoms with Crippen LogP contribution in [0.5, 0.6) is 0 Å². The zero-order valence-electron chi connectivity index (χ0n) is 13.5. The Balaban J connectivity index is 2.72. The maximum Gasteiger partial charge on any atom is 0.410 e. The Labute approximate surface area is 122 Å². The van der Waals surface area contributed by atoms with Crippen molar-refractivity contribution < 1.29 is 14.6 Å². The molecule has 116 valence electrons. The Morgan fingerprint density at radius 3 is 2.25 bits per heavy atom. The number of carbonyl (C=O) groups is 1. The van der Waals surface area contributed by atoms with Crippen molar-refractivity contribution >= 4 is 6.09 Å². The van der Waals surface area contributed by atoms with E-state index in [0.29, 0.717) is 5.57 Å². The molecule has 1 atom stereocenters. The second-order valence-electron chi connectivity index (χ2n) is 6.73. The number of ether oxygens (including phenoxy) is 1.